The predicted molar refractivity (Wildman–Crippen MR) is 122 cm³/mol. The molecule has 0 unspecified atom stereocenters. The minimum absolute atomic E-state index is 0.129. The summed E-state index contributed by atoms with van der Waals surface area (Å²) in [6, 6.07) is 11.0. The molecular formula is C22H25N3O6S. The van der Waals surface area contributed by atoms with Crippen molar-refractivity contribution in [2.75, 3.05) is 18.0 Å². The molecule has 3 aromatic rings. The van der Waals surface area contributed by atoms with Gasteiger partial charge < -0.3 is 13.9 Å². The number of nitrogens with zero attached hydrogens (tertiary/aromatic N) is 3. The molecule has 10 heteroatoms. The van der Waals surface area contributed by atoms with E-state index in [1.165, 1.54) is 44.0 Å². The molecule has 0 atom stereocenters. The number of hydrogen-bond acceptors (Lipinski definition) is 6. The summed E-state index contributed by atoms with van der Waals surface area (Å²) in [5.41, 5.74) is 0.502. The fraction of sp³-hybridized carbons (Fsp3) is 0.318. The minimum Gasteiger partial charge on any atom is -0.468 e. The van der Waals surface area contributed by atoms with Crippen molar-refractivity contribution in [2.24, 2.45) is 14.1 Å². The van der Waals surface area contributed by atoms with Crippen molar-refractivity contribution >= 4 is 32.7 Å². The van der Waals surface area contributed by atoms with Gasteiger partial charge in [-0.2, -0.15) is 0 Å². The molecule has 0 saturated heterocycles. The van der Waals surface area contributed by atoms with Crippen LogP contribution in [-0.4, -0.2) is 37.2 Å². The Labute approximate surface area is 185 Å². The van der Waals surface area contributed by atoms with Crippen LogP contribution in [-0.2, 0) is 33.7 Å². The lowest BCUT2D eigenvalue weighted by Crippen LogP contribution is -2.39. The van der Waals surface area contributed by atoms with Crippen molar-refractivity contribution in [1.29, 1.82) is 0 Å². The van der Waals surface area contributed by atoms with Crippen LogP contribution in [0, 0.1) is 0 Å². The van der Waals surface area contributed by atoms with E-state index in [2.05, 4.69) is 0 Å². The van der Waals surface area contributed by atoms with Crippen molar-refractivity contribution in [3.8, 4) is 0 Å². The summed E-state index contributed by atoms with van der Waals surface area (Å²) in [5, 5.41) is 0. The highest BCUT2D eigenvalue weighted by molar-refractivity contribution is 7.92. The summed E-state index contributed by atoms with van der Waals surface area (Å²) in [6.45, 7) is 3.51. The normalized spacial score (nSPS) is 11.7. The third-order valence-corrected chi connectivity index (χ3v) is 7.17. The zero-order chi connectivity index (χ0) is 23.8. The maximum atomic E-state index is 13.6. The average Bonchev–Trinajstić information content (AvgIpc) is 2.79. The summed E-state index contributed by atoms with van der Waals surface area (Å²) >= 11 is 0. The quantitative estimate of drug-likeness (QED) is 0.410. The number of aryl methyl sites for hydroxylation is 2. The summed E-state index contributed by atoms with van der Waals surface area (Å²) in [7, 11) is -0.178. The molecule has 9 nitrogen and oxygen atoms in total. The molecule has 0 aliphatic carbocycles. The number of carbonyl (C=O) groups is 1. The number of rotatable bonds is 6. The van der Waals surface area contributed by atoms with Crippen LogP contribution < -0.4 is 15.4 Å². The molecule has 0 aliphatic heterocycles. The van der Waals surface area contributed by atoms with Gasteiger partial charge in [-0.25, -0.2) is 8.42 Å². The van der Waals surface area contributed by atoms with E-state index < -0.39 is 33.7 Å². The van der Waals surface area contributed by atoms with Crippen molar-refractivity contribution < 1.29 is 17.9 Å². The third kappa shape index (κ3) is 4.05. The minimum atomic E-state index is -4.21. The average molecular weight is 460 g/mol. The monoisotopic (exact) mass is 459 g/mol. The molecule has 0 amide bonds. The number of sulfonamides is 1. The highest BCUT2D eigenvalue weighted by Gasteiger charge is 2.28. The molecule has 0 aliphatic rings. The van der Waals surface area contributed by atoms with Gasteiger partial charge in [-0.3, -0.25) is 18.7 Å². The molecule has 32 heavy (non-hydrogen) atoms. The number of hydrogen-bond donors (Lipinski definition) is 0. The number of fused-ring (bicyclic) bond motifs is 1. The fourth-order valence-corrected chi connectivity index (χ4v) is 4.80. The van der Waals surface area contributed by atoms with E-state index in [1.807, 2.05) is 13.8 Å². The topological polar surface area (TPSA) is 108 Å². The molecule has 2 aromatic carbocycles. The Morgan fingerprint density at radius 3 is 2.06 bits per heavy atom. The van der Waals surface area contributed by atoms with Crippen LogP contribution in [0.5, 0.6) is 0 Å². The standard InChI is InChI=1S/C22H25N3O6S/c1-14(2)15-6-8-16(9-7-15)25(13-20(26)31-5)32(29,30)17-10-11-18-19(12-17)24(4)22(28)21(27)23(18)3/h6-12,14H,13H2,1-5H3. The van der Waals surface area contributed by atoms with Gasteiger partial charge in [0.2, 0.25) is 0 Å². The second-order valence-corrected chi connectivity index (χ2v) is 9.58. The lowest BCUT2D eigenvalue weighted by Gasteiger charge is -2.24. The van der Waals surface area contributed by atoms with Crippen molar-refractivity contribution in [1.82, 2.24) is 9.13 Å². The molecule has 0 saturated carbocycles. The van der Waals surface area contributed by atoms with Crippen LogP contribution >= 0.6 is 0 Å². The molecule has 170 valence electrons. The number of anilines is 1. The van der Waals surface area contributed by atoms with Crippen LogP contribution in [0.25, 0.3) is 11.0 Å². The van der Waals surface area contributed by atoms with Gasteiger partial charge >= 0.3 is 17.1 Å². The SMILES string of the molecule is COC(=O)CN(c1ccc(C(C)C)cc1)S(=O)(=O)c1ccc2c(c1)n(C)c(=O)c(=O)n2C. The van der Waals surface area contributed by atoms with Gasteiger partial charge in [-0.1, -0.05) is 26.0 Å². The Balaban J connectivity index is 2.20. The molecule has 1 heterocycles. The molecule has 0 fully saturated rings. The van der Waals surface area contributed by atoms with Crippen LogP contribution in [0.15, 0.2) is 56.9 Å². The maximum absolute atomic E-state index is 13.6. The first-order chi connectivity index (χ1) is 15.0. The number of aromatic nitrogens is 2. The van der Waals surface area contributed by atoms with Crippen LogP contribution in [0.1, 0.15) is 25.3 Å². The molecule has 3 rings (SSSR count). The zero-order valence-corrected chi connectivity index (χ0v) is 19.3. The summed E-state index contributed by atoms with van der Waals surface area (Å²) in [4.78, 5) is 36.2. The van der Waals surface area contributed by atoms with Gasteiger partial charge in [0.25, 0.3) is 10.0 Å². The number of ether oxygens (including phenoxy) is 1. The molecule has 0 spiro atoms. The summed E-state index contributed by atoms with van der Waals surface area (Å²) in [5.74, 6) is -0.472. The van der Waals surface area contributed by atoms with Crippen molar-refractivity contribution in [3.63, 3.8) is 0 Å². The van der Waals surface area contributed by atoms with E-state index in [9.17, 15) is 22.8 Å². The van der Waals surface area contributed by atoms with Gasteiger partial charge in [-0.05, 0) is 41.8 Å². The Hall–Kier alpha value is -3.40. The summed E-state index contributed by atoms with van der Waals surface area (Å²) in [6.07, 6.45) is 0. The fourth-order valence-electron chi connectivity index (χ4n) is 3.37. The molecule has 0 radical (unpaired) electrons. The van der Waals surface area contributed by atoms with Gasteiger partial charge in [0.05, 0.1) is 28.7 Å². The van der Waals surface area contributed by atoms with Crippen molar-refractivity contribution in [2.45, 2.75) is 24.7 Å². The van der Waals surface area contributed by atoms with Gasteiger partial charge in [-0.15, -0.1) is 0 Å². The lowest BCUT2D eigenvalue weighted by atomic mass is 10.0. The van der Waals surface area contributed by atoms with E-state index in [1.54, 1.807) is 24.3 Å². The Kier molecular flexibility index (Phi) is 6.27. The first-order valence-corrected chi connectivity index (χ1v) is 11.3. The molecular weight excluding hydrogens is 434 g/mol. The van der Waals surface area contributed by atoms with E-state index in [0.29, 0.717) is 11.2 Å². The van der Waals surface area contributed by atoms with Gasteiger partial charge in [0.15, 0.2) is 0 Å². The first-order valence-electron chi connectivity index (χ1n) is 9.88. The number of carbonyl (C=O) groups excluding carboxylic acids is 1. The maximum Gasteiger partial charge on any atom is 0.326 e. The second-order valence-electron chi connectivity index (χ2n) is 7.71. The highest BCUT2D eigenvalue weighted by atomic mass is 32.2. The van der Waals surface area contributed by atoms with E-state index in [4.69, 9.17) is 4.74 Å². The molecule has 1 aromatic heterocycles. The number of benzene rings is 2. The lowest BCUT2D eigenvalue weighted by molar-refractivity contribution is -0.138. The molecule has 0 N–H and O–H groups in total. The van der Waals surface area contributed by atoms with Crippen molar-refractivity contribution in [3.05, 3.63) is 68.7 Å². The number of esters is 1. The number of methoxy groups -OCH3 is 1. The first kappa shape index (κ1) is 23.3. The van der Waals surface area contributed by atoms with Gasteiger partial charge in [0.1, 0.15) is 6.54 Å². The second kappa shape index (κ2) is 8.62. The van der Waals surface area contributed by atoms with Crippen LogP contribution in [0.3, 0.4) is 0 Å². The van der Waals surface area contributed by atoms with E-state index in [-0.39, 0.29) is 16.3 Å². The summed E-state index contributed by atoms with van der Waals surface area (Å²) < 4.78 is 35.1. The van der Waals surface area contributed by atoms with E-state index in [0.717, 1.165) is 14.4 Å². The molecule has 0 bridgehead atoms. The van der Waals surface area contributed by atoms with Crippen LogP contribution in [0.4, 0.5) is 5.69 Å². The predicted octanol–water partition coefficient (Wildman–Crippen LogP) is 1.73. The van der Waals surface area contributed by atoms with Gasteiger partial charge in [0, 0.05) is 14.1 Å². The van der Waals surface area contributed by atoms with E-state index >= 15 is 0 Å². The largest absolute Gasteiger partial charge is 0.468 e. The Morgan fingerprint density at radius 1 is 0.969 bits per heavy atom. The highest BCUT2D eigenvalue weighted by Crippen LogP contribution is 2.27. The van der Waals surface area contributed by atoms with Crippen LogP contribution in [0.2, 0.25) is 0 Å². The Morgan fingerprint density at radius 2 is 1.53 bits per heavy atom. The zero-order valence-electron chi connectivity index (χ0n) is 18.5. The Bertz CT molecular complexity index is 1400. The third-order valence-electron chi connectivity index (χ3n) is 5.40. The smallest absolute Gasteiger partial charge is 0.326 e.